The first kappa shape index (κ1) is 31.1. The Morgan fingerprint density at radius 1 is 0.750 bits per heavy atom. The number of rotatable bonds is 19. The summed E-state index contributed by atoms with van der Waals surface area (Å²) in [5, 5.41) is 27.4. The van der Waals surface area contributed by atoms with Crippen LogP contribution in [0.15, 0.2) is 0 Å². The van der Waals surface area contributed by atoms with Crippen molar-refractivity contribution in [2.45, 2.75) is 12.8 Å². The highest BCUT2D eigenvalue weighted by molar-refractivity contribution is 6.01. The highest BCUT2D eigenvalue weighted by Gasteiger charge is 2.33. The summed E-state index contributed by atoms with van der Waals surface area (Å²) in [5.41, 5.74) is 0. The summed E-state index contributed by atoms with van der Waals surface area (Å²) in [6.45, 7) is 0.158. The van der Waals surface area contributed by atoms with Gasteiger partial charge in [-0.05, 0) is 14.1 Å². The number of aliphatic hydroxyl groups excluding tert-OH is 1. The maximum atomic E-state index is 12.4. The molecule has 36 heavy (non-hydrogen) atoms. The maximum Gasteiger partial charge on any atom is 0.347 e. The summed E-state index contributed by atoms with van der Waals surface area (Å²) >= 11 is 0. The van der Waals surface area contributed by atoms with Crippen molar-refractivity contribution in [1.82, 2.24) is 24.7 Å². The van der Waals surface area contributed by atoms with Gasteiger partial charge >= 0.3 is 17.9 Å². The van der Waals surface area contributed by atoms with E-state index in [2.05, 4.69) is 0 Å². The lowest BCUT2D eigenvalue weighted by Gasteiger charge is -2.29. The van der Waals surface area contributed by atoms with Crippen LogP contribution in [0.25, 0.3) is 0 Å². The zero-order chi connectivity index (χ0) is 27.3. The number of hydrogen-bond acceptors (Lipinski definition) is 12. The van der Waals surface area contributed by atoms with E-state index < -0.39 is 42.1 Å². The molecule has 0 aromatic rings. The van der Waals surface area contributed by atoms with Crippen LogP contribution in [-0.4, -0.2) is 162 Å². The minimum atomic E-state index is -1.02. The molecule has 0 radical (unpaired) electrons. The van der Waals surface area contributed by atoms with E-state index in [1.807, 2.05) is 0 Å². The Labute approximate surface area is 208 Å². The van der Waals surface area contributed by atoms with Crippen LogP contribution in [-0.2, 0) is 33.6 Å². The van der Waals surface area contributed by atoms with Crippen molar-refractivity contribution in [3.05, 3.63) is 0 Å². The number of imide groups is 1. The fourth-order valence-corrected chi connectivity index (χ4v) is 3.34. The first-order valence-electron chi connectivity index (χ1n) is 11.4. The van der Waals surface area contributed by atoms with Crippen LogP contribution in [0.2, 0.25) is 0 Å². The van der Waals surface area contributed by atoms with E-state index in [0.29, 0.717) is 18.2 Å². The van der Waals surface area contributed by atoms with Gasteiger partial charge in [0.1, 0.15) is 6.61 Å². The molecule has 1 heterocycles. The standard InChI is InChI=1S/C21H35N5O10/c1-22(12-19(31)32)5-7-24(11-16(28)15-27)9-10-25(8-6-23(2)13-20(33)34)14-21(35)36-26-17(29)3-4-18(26)30/h27H,3-15H2,1-2H3,(H,31,32)(H,33,34). The number of nitrogens with zero attached hydrogens (tertiary/aromatic N) is 5. The summed E-state index contributed by atoms with van der Waals surface area (Å²) in [7, 11) is 3.21. The van der Waals surface area contributed by atoms with Crippen LogP contribution in [0.1, 0.15) is 12.8 Å². The fourth-order valence-electron chi connectivity index (χ4n) is 3.34. The van der Waals surface area contributed by atoms with E-state index in [1.165, 1.54) is 4.90 Å². The molecule has 1 aliphatic heterocycles. The third-order valence-corrected chi connectivity index (χ3v) is 5.27. The van der Waals surface area contributed by atoms with Gasteiger partial charge in [0.2, 0.25) is 0 Å². The molecule has 0 saturated carbocycles. The quantitative estimate of drug-likeness (QED) is 0.145. The molecule has 0 unspecified atom stereocenters. The van der Waals surface area contributed by atoms with Gasteiger partial charge in [-0.15, -0.1) is 5.06 Å². The molecule has 0 bridgehead atoms. The minimum Gasteiger partial charge on any atom is -0.480 e. The third-order valence-electron chi connectivity index (χ3n) is 5.27. The molecule has 15 nitrogen and oxygen atoms in total. The Morgan fingerprint density at radius 3 is 1.58 bits per heavy atom. The Balaban J connectivity index is 2.80. The molecule has 0 aliphatic carbocycles. The van der Waals surface area contributed by atoms with Crippen LogP contribution in [0.4, 0.5) is 0 Å². The molecule has 0 atom stereocenters. The van der Waals surface area contributed by atoms with E-state index in [9.17, 15) is 28.8 Å². The number of likely N-dealkylation sites (N-methyl/N-ethyl adjacent to an activating group) is 2. The number of ketones is 1. The lowest BCUT2D eigenvalue weighted by molar-refractivity contribution is -0.198. The van der Waals surface area contributed by atoms with Crippen molar-refractivity contribution in [3.8, 4) is 0 Å². The first-order chi connectivity index (χ1) is 16.9. The normalized spacial score (nSPS) is 13.9. The fraction of sp³-hybridized carbons (Fsp3) is 0.714. The van der Waals surface area contributed by atoms with Gasteiger partial charge in [-0.1, -0.05) is 0 Å². The van der Waals surface area contributed by atoms with E-state index in [-0.39, 0.29) is 65.2 Å². The largest absolute Gasteiger partial charge is 0.480 e. The van der Waals surface area contributed by atoms with E-state index in [1.54, 1.807) is 28.8 Å². The number of carbonyl (C=O) groups excluding carboxylic acids is 4. The molecule has 0 spiro atoms. The van der Waals surface area contributed by atoms with E-state index in [0.717, 1.165) is 0 Å². The lowest BCUT2D eigenvalue weighted by Crippen LogP contribution is -2.46. The minimum absolute atomic E-state index is 0.0417. The zero-order valence-corrected chi connectivity index (χ0v) is 20.6. The second-order valence-electron chi connectivity index (χ2n) is 8.56. The number of carbonyl (C=O) groups is 6. The predicted molar refractivity (Wildman–Crippen MR) is 122 cm³/mol. The van der Waals surface area contributed by atoms with Crippen molar-refractivity contribution in [2.24, 2.45) is 0 Å². The molecule has 1 aliphatic rings. The van der Waals surface area contributed by atoms with Gasteiger partial charge in [0.15, 0.2) is 5.78 Å². The van der Waals surface area contributed by atoms with Crippen molar-refractivity contribution in [1.29, 1.82) is 0 Å². The topological polar surface area (TPSA) is 189 Å². The zero-order valence-electron chi connectivity index (χ0n) is 20.6. The molecule has 1 rings (SSSR count). The van der Waals surface area contributed by atoms with Gasteiger partial charge in [-0.3, -0.25) is 43.6 Å². The molecule has 0 aromatic carbocycles. The number of hydrogen-bond donors (Lipinski definition) is 3. The van der Waals surface area contributed by atoms with Crippen LogP contribution >= 0.6 is 0 Å². The van der Waals surface area contributed by atoms with Gasteiger partial charge in [-0.2, -0.15) is 0 Å². The monoisotopic (exact) mass is 517 g/mol. The Hall–Kier alpha value is -2.98. The summed E-state index contributed by atoms with van der Waals surface area (Å²) < 4.78 is 0. The molecule has 0 aromatic heterocycles. The highest BCUT2D eigenvalue weighted by Crippen LogP contribution is 2.12. The van der Waals surface area contributed by atoms with Crippen LogP contribution < -0.4 is 0 Å². The molecule has 3 N–H and O–H groups in total. The average Bonchev–Trinajstić information content (AvgIpc) is 3.09. The summed E-state index contributed by atoms with van der Waals surface area (Å²) in [6.07, 6.45) is -0.0834. The second-order valence-corrected chi connectivity index (χ2v) is 8.56. The molecular formula is C21H35N5O10. The van der Waals surface area contributed by atoms with Crippen LogP contribution in [0, 0.1) is 0 Å². The van der Waals surface area contributed by atoms with Crippen LogP contribution in [0.5, 0.6) is 0 Å². The van der Waals surface area contributed by atoms with E-state index >= 15 is 0 Å². The highest BCUT2D eigenvalue weighted by atomic mass is 16.7. The van der Waals surface area contributed by atoms with Crippen LogP contribution in [0.3, 0.4) is 0 Å². The Morgan fingerprint density at radius 2 is 1.17 bits per heavy atom. The van der Waals surface area contributed by atoms with Gasteiger partial charge < -0.3 is 20.2 Å². The van der Waals surface area contributed by atoms with Gasteiger partial charge in [0.05, 0.1) is 26.2 Å². The number of aliphatic carboxylic acids is 2. The number of carboxylic acids is 2. The molecular weight excluding hydrogens is 482 g/mol. The van der Waals surface area contributed by atoms with E-state index in [4.69, 9.17) is 20.2 Å². The van der Waals surface area contributed by atoms with Crippen molar-refractivity contribution < 1.29 is 48.9 Å². The number of aliphatic hydroxyl groups is 1. The number of Topliss-reactive ketones (excluding diaryl/α,β-unsaturated/α-hetero) is 1. The number of hydroxylamine groups is 2. The first-order valence-corrected chi connectivity index (χ1v) is 11.4. The Bertz CT molecular complexity index is 792. The lowest BCUT2D eigenvalue weighted by atomic mass is 10.3. The van der Waals surface area contributed by atoms with Gasteiger partial charge in [0.25, 0.3) is 11.8 Å². The van der Waals surface area contributed by atoms with Crippen molar-refractivity contribution in [3.63, 3.8) is 0 Å². The smallest absolute Gasteiger partial charge is 0.347 e. The molecule has 2 amide bonds. The summed E-state index contributed by atoms with van der Waals surface area (Å²) in [6, 6.07) is 0. The SMILES string of the molecule is CN(CCN(CCN(CCN(C)CC(=O)O)CC(=O)ON1C(=O)CCC1=O)CC(=O)CO)CC(=O)O. The Kier molecular flexibility index (Phi) is 13.7. The second kappa shape index (κ2) is 15.9. The summed E-state index contributed by atoms with van der Waals surface area (Å²) in [4.78, 5) is 80.8. The average molecular weight is 518 g/mol. The van der Waals surface area contributed by atoms with Crippen molar-refractivity contribution >= 4 is 35.5 Å². The molecule has 1 fully saturated rings. The predicted octanol–water partition coefficient (Wildman–Crippen LogP) is -3.21. The molecule has 204 valence electrons. The molecule has 1 saturated heterocycles. The summed E-state index contributed by atoms with van der Waals surface area (Å²) in [5.74, 6) is -4.53. The third kappa shape index (κ3) is 12.6. The van der Waals surface area contributed by atoms with Gasteiger partial charge in [0, 0.05) is 52.1 Å². The number of amides is 2. The molecule has 15 heteroatoms. The van der Waals surface area contributed by atoms with Gasteiger partial charge in [-0.25, -0.2) is 4.79 Å². The number of carboxylic acid groups (broad SMARTS) is 2. The van der Waals surface area contributed by atoms with Crippen molar-refractivity contribution in [2.75, 3.05) is 86.1 Å². The maximum absolute atomic E-state index is 12.4.